The Morgan fingerprint density at radius 3 is 2.43 bits per heavy atom. The number of carboxylic acids is 1. The Morgan fingerprint density at radius 1 is 1.27 bits per heavy atom. The third-order valence-electron chi connectivity index (χ3n) is 4.46. The van der Waals surface area contributed by atoms with Crippen LogP contribution in [0.1, 0.15) is 22.8 Å². The van der Waals surface area contributed by atoms with Crippen LogP contribution in [0.25, 0.3) is 0 Å². The molecular weight excluding hydrogens is 429 g/mol. The first-order valence-electron chi connectivity index (χ1n) is 8.52. The average Bonchev–Trinajstić information content (AvgIpc) is 2.68. The average molecular weight is 444 g/mol. The Kier molecular flexibility index (Phi) is 5.79. The second kappa shape index (κ2) is 8.01. The molecule has 0 aromatic heterocycles. The number of carboxylic acid groups (broad SMARTS) is 1. The number of hydrogen-bond acceptors (Lipinski definition) is 6. The van der Waals surface area contributed by atoms with E-state index in [9.17, 15) is 37.5 Å². The zero-order valence-corrected chi connectivity index (χ0v) is 16.2. The monoisotopic (exact) mass is 444 g/mol. The highest BCUT2D eigenvalue weighted by atomic mass is 32.2. The molecule has 1 aromatic rings. The highest BCUT2D eigenvalue weighted by Gasteiger charge is 2.54. The highest BCUT2D eigenvalue weighted by Crippen LogP contribution is 2.40. The molecule has 1 aromatic carbocycles. The summed E-state index contributed by atoms with van der Waals surface area (Å²) < 4.78 is 42.7. The first kappa shape index (κ1) is 21.7. The van der Waals surface area contributed by atoms with Crippen LogP contribution in [0.15, 0.2) is 35.5 Å². The summed E-state index contributed by atoms with van der Waals surface area (Å²) in [7, 11) is 0. The molecule has 0 aliphatic carbocycles. The molecule has 2 aliphatic rings. The van der Waals surface area contributed by atoms with Crippen LogP contribution in [-0.4, -0.2) is 57.5 Å². The van der Waals surface area contributed by atoms with Crippen molar-refractivity contribution >= 4 is 35.5 Å². The number of benzene rings is 1. The molecular formula is C18H15F3N2O6S. The summed E-state index contributed by atoms with van der Waals surface area (Å²) in [6, 6.07) is 2.46. The van der Waals surface area contributed by atoms with Crippen molar-refractivity contribution in [3.8, 4) is 0 Å². The molecule has 30 heavy (non-hydrogen) atoms. The van der Waals surface area contributed by atoms with Gasteiger partial charge < -0.3 is 15.2 Å². The molecule has 0 radical (unpaired) electrons. The third kappa shape index (κ3) is 4.13. The minimum atomic E-state index is -4.54. The van der Waals surface area contributed by atoms with Crippen molar-refractivity contribution in [2.75, 3.05) is 12.4 Å². The minimum absolute atomic E-state index is 0.0698. The van der Waals surface area contributed by atoms with E-state index in [1.165, 1.54) is 18.7 Å². The van der Waals surface area contributed by atoms with Gasteiger partial charge in [0.1, 0.15) is 23.7 Å². The predicted octanol–water partition coefficient (Wildman–Crippen LogP) is 1.62. The molecule has 160 valence electrons. The number of hydrogen-bond donors (Lipinski definition) is 2. The Balaban J connectivity index is 1.72. The molecule has 1 saturated heterocycles. The topological polar surface area (TPSA) is 113 Å². The van der Waals surface area contributed by atoms with Gasteiger partial charge in [-0.1, -0.05) is 0 Å². The van der Waals surface area contributed by atoms with Crippen molar-refractivity contribution < 1.29 is 42.2 Å². The van der Waals surface area contributed by atoms with Crippen LogP contribution in [-0.2, 0) is 25.3 Å². The van der Waals surface area contributed by atoms with Crippen LogP contribution in [0.4, 0.5) is 13.2 Å². The van der Waals surface area contributed by atoms with E-state index in [0.717, 1.165) is 29.2 Å². The summed E-state index contributed by atoms with van der Waals surface area (Å²) in [6.07, 6.45) is -4.54. The Morgan fingerprint density at radius 2 is 1.90 bits per heavy atom. The molecule has 0 spiro atoms. The molecule has 2 N–H and O–H groups in total. The molecule has 0 unspecified atom stereocenters. The quantitative estimate of drug-likeness (QED) is 0.524. The number of nitrogens with zero attached hydrogens (tertiary/aromatic N) is 1. The highest BCUT2D eigenvalue weighted by molar-refractivity contribution is 8.00. The van der Waals surface area contributed by atoms with Crippen molar-refractivity contribution in [1.29, 1.82) is 0 Å². The molecule has 12 heteroatoms. The number of β-lactam (4-membered cyclic amide) rings is 1. The molecule has 8 nitrogen and oxygen atoms in total. The van der Waals surface area contributed by atoms with Gasteiger partial charge in [0.05, 0.1) is 5.56 Å². The van der Waals surface area contributed by atoms with Crippen molar-refractivity contribution in [3.05, 3.63) is 46.7 Å². The number of nitrogens with one attached hydrogen (secondary N) is 1. The number of fused-ring (bicyclic) bond motifs is 1. The number of aliphatic carboxylic acids is 1. The van der Waals surface area contributed by atoms with Gasteiger partial charge in [-0.2, -0.15) is 13.2 Å². The number of rotatable bonds is 5. The lowest BCUT2D eigenvalue weighted by Crippen LogP contribution is -2.70. The lowest BCUT2D eigenvalue weighted by atomic mass is 10.0. The van der Waals surface area contributed by atoms with E-state index in [-0.39, 0.29) is 29.2 Å². The summed E-state index contributed by atoms with van der Waals surface area (Å²) in [5.74, 6) is -3.24. The van der Waals surface area contributed by atoms with Gasteiger partial charge in [0.15, 0.2) is 0 Å². The van der Waals surface area contributed by atoms with Crippen molar-refractivity contribution in [2.24, 2.45) is 0 Å². The second-order valence-electron chi connectivity index (χ2n) is 6.47. The fourth-order valence-electron chi connectivity index (χ4n) is 3.02. The molecule has 0 saturated carbocycles. The van der Waals surface area contributed by atoms with Crippen LogP contribution >= 0.6 is 11.8 Å². The zero-order valence-electron chi connectivity index (χ0n) is 15.4. The van der Waals surface area contributed by atoms with Gasteiger partial charge in [-0.15, -0.1) is 11.8 Å². The number of esters is 1. The maximum absolute atomic E-state index is 12.6. The Hall–Kier alpha value is -3.02. The summed E-state index contributed by atoms with van der Waals surface area (Å²) in [4.78, 5) is 48.4. The number of carbonyl (C=O) groups is 4. The van der Waals surface area contributed by atoms with Gasteiger partial charge in [0.2, 0.25) is 0 Å². The number of ether oxygens (including phenoxy) is 1. The fraction of sp³-hybridized carbons (Fsp3) is 0.333. The maximum Gasteiger partial charge on any atom is 0.416 e. The van der Waals surface area contributed by atoms with E-state index < -0.39 is 46.9 Å². The number of amides is 2. The van der Waals surface area contributed by atoms with Crippen molar-refractivity contribution in [3.63, 3.8) is 0 Å². The fourth-order valence-corrected chi connectivity index (χ4v) is 4.35. The van der Waals surface area contributed by atoms with Gasteiger partial charge >= 0.3 is 18.1 Å². The minimum Gasteiger partial charge on any atom is -0.477 e. The molecule has 2 amide bonds. The van der Waals surface area contributed by atoms with Crippen LogP contribution in [0.2, 0.25) is 0 Å². The van der Waals surface area contributed by atoms with E-state index in [1.54, 1.807) is 0 Å². The molecule has 2 atom stereocenters. The molecule has 0 bridgehead atoms. The van der Waals surface area contributed by atoms with Gasteiger partial charge in [-0.05, 0) is 24.3 Å². The number of thioether (sulfide) groups is 1. The molecule has 1 fully saturated rings. The van der Waals surface area contributed by atoms with Crippen molar-refractivity contribution in [1.82, 2.24) is 10.2 Å². The molecule has 2 aliphatic heterocycles. The Labute approximate surface area is 172 Å². The first-order chi connectivity index (χ1) is 14.0. The van der Waals surface area contributed by atoms with Gasteiger partial charge in [0.25, 0.3) is 11.8 Å². The van der Waals surface area contributed by atoms with E-state index in [1.807, 2.05) is 0 Å². The Bertz CT molecular complexity index is 944. The number of halogens is 3. The predicted molar refractivity (Wildman–Crippen MR) is 97.1 cm³/mol. The zero-order chi connectivity index (χ0) is 22.2. The van der Waals surface area contributed by atoms with Gasteiger partial charge in [-0.25, -0.2) is 4.79 Å². The van der Waals surface area contributed by atoms with E-state index in [4.69, 9.17) is 4.74 Å². The smallest absolute Gasteiger partial charge is 0.416 e. The van der Waals surface area contributed by atoms with Crippen LogP contribution in [0, 0.1) is 0 Å². The van der Waals surface area contributed by atoms with Gasteiger partial charge in [0, 0.05) is 23.8 Å². The maximum atomic E-state index is 12.6. The van der Waals surface area contributed by atoms with Crippen LogP contribution in [0.5, 0.6) is 0 Å². The first-order valence-corrected chi connectivity index (χ1v) is 9.57. The van der Waals surface area contributed by atoms with E-state index >= 15 is 0 Å². The van der Waals surface area contributed by atoms with Crippen LogP contribution in [0.3, 0.4) is 0 Å². The summed E-state index contributed by atoms with van der Waals surface area (Å²) in [6.45, 7) is 0.893. The summed E-state index contributed by atoms with van der Waals surface area (Å²) in [5.41, 5.74) is -1.03. The number of carbonyl (C=O) groups excluding carboxylic acids is 3. The van der Waals surface area contributed by atoms with Crippen molar-refractivity contribution in [2.45, 2.75) is 24.5 Å². The standard InChI is InChI=1S/C18H15F3N2O6S/c1-8(24)29-6-10-7-30-16-12(15(26)23(16)13(10)17(27)28)22-14(25)9-2-4-11(5-3-9)18(19,20)21/h2-5,12,16H,6-7H2,1H3,(H,22,25)(H,27,28)/t12-,16+/m1/s1. The van der Waals surface area contributed by atoms with E-state index in [2.05, 4.69) is 5.32 Å². The van der Waals surface area contributed by atoms with Gasteiger partial charge in [-0.3, -0.25) is 19.3 Å². The van der Waals surface area contributed by atoms with Crippen LogP contribution < -0.4 is 5.32 Å². The lowest BCUT2D eigenvalue weighted by Gasteiger charge is -2.49. The molecule has 3 rings (SSSR count). The second-order valence-corrected chi connectivity index (χ2v) is 7.58. The lowest BCUT2D eigenvalue weighted by molar-refractivity contribution is -0.149. The molecule has 2 heterocycles. The summed E-state index contributed by atoms with van der Waals surface area (Å²) in [5, 5.41) is 11.2. The number of alkyl halides is 3. The largest absolute Gasteiger partial charge is 0.477 e. The summed E-state index contributed by atoms with van der Waals surface area (Å²) >= 11 is 1.18. The third-order valence-corrected chi connectivity index (χ3v) is 5.80. The van der Waals surface area contributed by atoms with E-state index in [0.29, 0.717) is 0 Å². The normalized spacial score (nSPS) is 20.9. The SMILES string of the molecule is CC(=O)OCC1=C(C(=O)O)N2C(=O)[C@@H](NC(=O)c3ccc(C(F)(F)F)cc3)[C@@H]2SC1.